The van der Waals surface area contributed by atoms with Crippen LogP contribution in [-0.4, -0.2) is 48.7 Å². The second kappa shape index (κ2) is 6.43. The van der Waals surface area contributed by atoms with Gasteiger partial charge in [0.2, 0.25) is 5.91 Å². The third-order valence-electron chi connectivity index (χ3n) is 3.40. The fourth-order valence-corrected chi connectivity index (χ4v) is 2.41. The van der Waals surface area contributed by atoms with Crippen LogP contribution < -0.4 is 11.1 Å². The Labute approximate surface area is 121 Å². The van der Waals surface area contributed by atoms with E-state index in [0.29, 0.717) is 6.42 Å². The maximum Gasteiger partial charge on any atom is 0.407 e. The second-order valence-electron chi connectivity index (χ2n) is 6.66. The number of rotatable bonds is 2. The lowest BCUT2D eigenvalue weighted by Gasteiger charge is -2.35. The van der Waals surface area contributed by atoms with Crippen molar-refractivity contribution in [2.45, 2.75) is 57.7 Å². The number of nitrogens with two attached hydrogens (primary N) is 1. The molecule has 6 heteroatoms. The minimum Gasteiger partial charge on any atom is -0.444 e. The monoisotopic (exact) mass is 285 g/mol. The first-order chi connectivity index (χ1) is 9.10. The third-order valence-corrected chi connectivity index (χ3v) is 3.40. The Morgan fingerprint density at radius 1 is 1.25 bits per heavy atom. The molecule has 0 bridgehead atoms. The number of hydrogen-bond donors (Lipinski definition) is 2. The maximum absolute atomic E-state index is 12.0. The summed E-state index contributed by atoms with van der Waals surface area (Å²) in [6.07, 6.45) is 1.59. The summed E-state index contributed by atoms with van der Waals surface area (Å²) in [6.45, 7) is 5.43. The highest BCUT2D eigenvalue weighted by atomic mass is 16.6. The first-order valence-electron chi connectivity index (χ1n) is 7.06. The molecule has 0 spiro atoms. The van der Waals surface area contributed by atoms with E-state index < -0.39 is 11.7 Å². The van der Waals surface area contributed by atoms with Crippen molar-refractivity contribution in [2.24, 2.45) is 11.7 Å². The van der Waals surface area contributed by atoms with E-state index in [9.17, 15) is 9.59 Å². The van der Waals surface area contributed by atoms with Gasteiger partial charge in [-0.2, -0.15) is 0 Å². The molecule has 0 radical (unpaired) electrons. The van der Waals surface area contributed by atoms with Crippen molar-refractivity contribution in [3.05, 3.63) is 0 Å². The van der Waals surface area contributed by atoms with E-state index in [1.165, 1.54) is 0 Å². The summed E-state index contributed by atoms with van der Waals surface area (Å²) in [5.41, 5.74) is 5.49. The van der Waals surface area contributed by atoms with E-state index in [1.54, 1.807) is 19.0 Å². The number of nitrogens with one attached hydrogen (secondary N) is 1. The van der Waals surface area contributed by atoms with E-state index >= 15 is 0 Å². The molecule has 20 heavy (non-hydrogen) atoms. The molecule has 3 N–H and O–H groups in total. The predicted molar refractivity (Wildman–Crippen MR) is 77.2 cm³/mol. The molecule has 1 aliphatic rings. The molecule has 3 unspecified atom stereocenters. The molecule has 116 valence electrons. The van der Waals surface area contributed by atoms with Gasteiger partial charge in [-0.3, -0.25) is 4.79 Å². The number of carbonyl (C=O) groups is 2. The van der Waals surface area contributed by atoms with Crippen LogP contribution in [0.4, 0.5) is 4.79 Å². The number of hydrogen-bond acceptors (Lipinski definition) is 4. The smallest absolute Gasteiger partial charge is 0.407 e. The van der Waals surface area contributed by atoms with Crippen molar-refractivity contribution < 1.29 is 14.3 Å². The molecule has 0 saturated heterocycles. The Balaban J connectivity index is 2.59. The summed E-state index contributed by atoms with van der Waals surface area (Å²) in [4.78, 5) is 25.4. The van der Waals surface area contributed by atoms with Gasteiger partial charge >= 0.3 is 6.09 Å². The Kier molecular flexibility index (Phi) is 5.39. The third kappa shape index (κ3) is 5.00. The molecule has 0 aromatic heterocycles. The molecule has 0 aromatic rings. The van der Waals surface area contributed by atoms with Crippen LogP contribution in [0, 0.1) is 5.92 Å². The molecule has 3 atom stereocenters. The maximum atomic E-state index is 12.0. The minimum atomic E-state index is -0.540. The van der Waals surface area contributed by atoms with Gasteiger partial charge < -0.3 is 20.7 Å². The highest BCUT2D eigenvalue weighted by Crippen LogP contribution is 2.25. The molecule has 0 aromatic carbocycles. The van der Waals surface area contributed by atoms with Crippen molar-refractivity contribution in [3.63, 3.8) is 0 Å². The van der Waals surface area contributed by atoms with Gasteiger partial charge in [-0.1, -0.05) is 0 Å². The van der Waals surface area contributed by atoms with Crippen LogP contribution >= 0.6 is 0 Å². The van der Waals surface area contributed by atoms with Crippen molar-refractivity contribution in [1.29, 1.82) is 0 Å². The largest absolute Gasteiger partial charge is 0.444 e. The van der Waals surface area contributed by atoms with Gasteiger partial charge in [0.05, 0.1) is 0 Å². The van der Waals surface area contributed by atoms with E-state index in [-0.39, 0.29) is 23.9 Å². The summed E-state index contributed by atoms with van der Waals surface area (Å²) >= 11 is 0. The van der Waals surface area contributed by atoms with Crippen LogP contribution in [0.2, 0.25) is 0 Å². The van der Waals surface area contributed by atoms with Crippen LogP contribution in [0.3, 0.4) is 0 Å². The summed E-state index contributed by atoms with van der Waals surface area (Å²) < 4.78 is 5.23. The Bertz CT molecular complexity index is 363. The molecule has 0 aliphatic heterocycles. The van der Waals surface area contributed by atoms with Gasteiger partial charge in [-0.15, -0.1) is 0 Å². The topological polar surface area (TPSA) is 84.7 Å². The van der Waals surface area contributed by atoms with Crippen LogP contribution in [0.1, 0.15) is 40.0 Å². The van der Waals surface area contributed by atoms with Crippen LogP contribution in [0.5, 0.6) is 0 Å². The molecule has 2 amide bonds. The average Bonchev–Trinajstić information content (AvgIpc) is 2.28. The lowest BCUT2D eigenvalue weighted by Crippen LogP contribution is -2.53. The zero-order chi connectivity index (χ0) is 15.5. The average molecular weight is 285 g/mol. The number of amides is 2. The summed E-state index contributed by atoms with van der Waals surface area (Å²) in [5.74, 6) is 0.0117. The minimum absolute atomic E-state index is 0.0789. The van der Waals surface area contributed by atoms with E-state index in [4.69, 9.17) is 10.5 Å². The Hall–Kier alpha value is -1.30. The van der Waals surface area contributed by atoms with Gasteiger partial charge in [-0.05, 0) is 40.0 Å². The predicted octanol–water partition coefficient (Wildman–Crippen LogP) is 1.10. The van der Waals surface area contributed by atoms with Crippen LogP contribution in [-0.2, 0) is 9.53 Å². The first kappa shape index (κ1) is 16.8. The number of carbonyl (C=O) groups excluding carboxylic acids is 2. The normalized spacial score (nSPS) is 26.8. The van der Waals surface area contributed by atoms with E-state index in [2.05, 4.69) is 5.32 Å². The quantitative estimate of drug-likeness (QED) is 0.795. The van der Waals surface area contributed by atoms with Gasteiger partial charge in [0.25, 0.3) is 0 Å². The Morgan fingerprint density at radius 2 is 1.85 bits per heavy atom. The lowest BCUT2D eigenvalue weighted by atomic mass is 9.82. The number of nitrogens with zero attached hydrogens (tertiary/aromatic N) is 1. The molecular weight excluding hydrogens is 258 g/mol. The highest BCUT2D eigenvalue weighted by Gasteiger charge is 2.34. The molecule has 1 saturated carbocycles. The van der Waals surface area contributed by atoms with Gasteiger partial charge in [0.1, 0.15) is 5.60 Å². The first-order valence-corrected chi connectivity index (χ1v) is 7.06. The fraction of sp³-hybridized carbons (Fsp3) is 0.857. The number of alkyl carbamates (subject to hydrolysis) is 1. The van der Waals surface area contributed by atoms with Crippen molar-refractivity contribution >= 4 is 12.0 Å². The van der Waals surface area contributed by atoms with Crippen LogP contribution in [0.15, 0.2) is 0 Å². The summed E-state index contributed by atoms with van der Waals surface area (Å²) in [6, 6.07) is -0.346. The van der Waals surface area contributed by atoms with Crippen LogP contribution in [0.25, 0.3) is 0 Å². The number of ether oxygens (including phenoxy) is 1. The zero-order valence-electron chi connectivity index (χ0n) is 13.1. The Morgan fingerprint density at radius 3 is 2.35 bits per heavy atom. The summed E-state index contributed by atoms with van der Waals surface area (Å²) in [7, 11) is 3.49. The standard InChI is InChI=1S/C14H27N3O3/c1-14(2,3)20-13(19)16-11-8-9(6-7-10(11)15)12(18)17(4)5/h9-11H,6-8,15H2,1-5H3,(H,16,19). The summed E-state index contributed by atoms with van der Waals surface area (Å²) in [5, 5.41) is 2.79. The molecule has 1 aliphatic carbocycles. The van der Waals surface area contributed by atoms with Crippen molar-refractivity contribution in [1.82, 2.24) is 10.2 Å². The van der Waals surface area contributed by atoms with Gasteiger partial charge in [0, 0.05) is 32.1 Å². The molecule has 1 fully saturated rings. The van der Waals surface area contributed by atoms with E-state index in [1.807, 2.05) is 20.8 Å². The lowest BCUT2D eigenvalue weighted by molar-refractivity contribution is -0.134. The van der Waals surface area contributed by atoms with Crippen molar-refractivity contribution in [2.75, 3.05) is 14.1 Å². The molecular formula is C14H27N3O3. The molecule has 0 heterocycles. The SMILES string of the molecule is CN(C)C(=O)C1CCC(N)C(NC(=O)OC(C)(C)C)C1. The molecule has 6 nitrogen and oxygen atoms in total. The van der Waals surface area contributed by atoms with Gasteiger partial charge in [-0.25, -0.2) is 4.79 Å². The van der Waals surface area contributed by atoms with Gasteiger partial charge in [0.15, 0.2) is 0 Å². The fourth-order valence-electron chi connectivity index (χ4n) is 2.41. The van der Waals surface area contributed by atoms with E-state index in [0.717, 1.165) is 12.8 Å². The van der Waals surface area contributed by atoms with Crippen molar-refractivity contribution in [3.8, 4) is 0 Å². The second-order valence-corrected chi connectivity index (χ2v) is 6.66. The molecule has 1 rings (SSSR count). The zero-order valence-corrected chi connectivity index (χ0v) is 13.1. The highest BCUT2D eigenvalue weighted by molar-refractivity contribution is 5.78.